The van der Waals surface area contributed by atoms with Crippen molar-refractivity contribution in [2.45, 2.75) is 101 Å². The minimum absolute atomic E-state index is 0.115. The molecular formula is C60H66O9. The quantitative estimate of drug-likeness (QED) is 0.0455. The Morgan fingerprint density at radius 1 is 0.420 bits per heavy atom. The zero-order valence-corrected chi connectivity index (χ0v) is 40.4. The molecule has 0 heterocycles. The lowest BCUT2D eigenvalue weighted by Crippen LogP contribution is -2.37. The summed E-state index contributed by atoms with van der Waals surface area (Å²) in [6.07, 6.45) is 3.13. The predicted molar refractivity (Wildman–Crippen MR) is 275 cm³/mol. The van der Waals surface area contributed by atoms with Crippen molar-refractivity contribution in [3.05, 3.63) is 203 Å². The number of benzene rings is 7. The molecule has 0 fully saturated rings. The largest absolute Gasteiger partial charge is 0.508 e. The molecule has 0 spiro atoms. The monoisotopic (exact) mass is 930 g/mol. The summed E-state index contributed by atoms with van der Waals surface area (Å²) in [6, 6.07) is 45.7. The maximum Gasteiger partial charge on any atom is 0.126 e. The van der Waals surface area contributed by atoms with Gasteiger partial charge in [0.25, 0.3) is 0 Å². The zero-order chi connectivity index (χ0) is 50.3. The molecule has 0 aromatic heterocycles. The smallest absolute Gasteiger partial charge is 0.126 e. The van der Waals surface area contributed by atoms with Crippen LogP contribution in [0.3, 0.4) is 0 Å². The molecule has 0 aliphatic rings. The van der Waals surface area contributed by atoms with Gasteiger partial charge in [0, 0.05) is 17.7 Å². The van der Waals surface area contributed by atoms with Crippen molar-refractivity contribution in [3.8, 4) is 51.7 Å². The maximum absolute atomic E-state index is 10.7. The van der Waals surface area contributed by atoms with E-state index in [-0.39, 0.29) is 74.9 Å². The van der Waals surface area contributed by atoms with Crippen LogP contribution in [0.2, 0.25) is 0 Å². The summed E-state index contributed by atoms with van der Waals surface area (Å²) < 4.78 is 0. The second-order valence-corrected chi connectivity index (χ2v) is 20.3. The van der Waals surface area contributed by atoms with E-state index >= 15 is 0 Å². The van der Waals surface area contributed by atoms with E-state index in [9.17, 15) is 46.0 Å². The molecule has 9 N–H and O–H groups in total. The van der Waals surface area contributed by atoms with E-state index in [2.05, 4.69) is 48.1 Å². The summed E-state index contributed by atoms with van der Waals surface area (Å²) in [6.45, 7) is 17.4. The van der Waals surface area contributed by atoms with Crippen molar-refractivity contribution in [2.24, 2.45) is 0 Å². The molecule has 7 aromatic carbocycles. The third kappa shape index (κ3) is 12.7. The SMILES string of the molecule is C=C(CC(C)(CC(C)(C)c1ccc(O)cc1)c1ccc(O)cc1)c1ccc(O)cc1.CC(CC(C)(CC(C)(Cc1c(O)cc(O)cc1O)c1ccc(O)cc1)c1ccc(O)cc1)c1ccc(O)cc1. The standard InChI is InChI=1S/C33H36O6.C27H30O3/c1-21(22-4-10-25(34)11-5-22)18-32(2,23-6-12-26(35)13-7-23)20-33(3,24-8-14-27(36)15-9-24)19-29-30(38)16-28(37)17-31(29)39;1-19(20-5-11-23(28)12-6-20)17-27(4,22-9-15-25(30)16-10-22)18-26(2,3)21-7-13-24(29)14-8-21/h4-17,21,34-39H,18-20H2,1-3H3;5-16,28-30H,1,17-18H2,2-4H3. The van der Waals surface area contributed by atoms with E-state index in [1.807, 2.05) is 72.8 Å². The number of phenolic OH excluding ortho intramolecular Hbond substituents is 9. The summed E-state index contributed by atoms with van der Waals surface area (Å²) in [5.74, 6) is 0.768. The van der Waals surface area contributed by atoms with Gasteiger partial charge >= 0.3 is 0 Å². The Bertz CT molecular complexity index is 2780. The van der Waals surface area contributed by atoms with Crippen LogP contribution >= 0.6 is 0 Å². The Labute approximate surface area is 406 Å². The number of hydrogen-bond donors (Lipinski definition) is 9. The van der Waals surface area contributed by atoms with Crippen LogP contribution in [-0.2, 0) is 28.1 Å². The van der Waals surface area contributed by atoms with E-state index in [4.69, 9.17) is 0 Å². The predicted octanol–water partition coefficient (Wildman–Crippen LogP) is 13.5. The fraction of sp³-hybridized carbons (Fsp3) is 0.267. The molecule has 4 atom stereocenters. The Balaban J connectivity index is 0.000000235. The first-order chi connectivity index (χ1) is 32.5. The average Bonchev–Trinajstić information content (AvgIpc) is 3.28. The van der Waals surface area contributed by atoms with Crippen LogP contribution in [0.4, 0.5) is 0 Å². The number of phenols is 9. The van der Waals surface area contributed by atoms with E-state index < -0.39 is 10.8 Å². The van der Waals surface area contributed by atoms with Gasteiger partial charge in [0.1, 0.15) is 51.7 Å². The lowest BCUT2D eigenvalue weighted by atomic mass is 9.61. The van der Waals surface area contributed by atoms with Crippen molar-refractivity contribution >= 4 is 5.57 Å². The van der Waals surface area contributed by atoms with Crippen LogP contribution in [0.25, 0.3) is 5.57 Å². The molecule has 360 valence electrons. The van der Waals surface area contributed by atoms with E-state index in [1.54, 1.807) is 72.8 Å². The third-order valence-electron chi connectivity index (χ3n) is 13.8. The van der Waals surface area contributed by atoms with Gasteiger partial charge in [-0.2, -0.15) is 0 Å². The lowest BCUT2D eigenvalue weighted by molar-refractivity contribution is 0.272. The van der Waals surface area contributed by atoms with Gasteiger partial charge in [-0.3, -0.25) is 0 Å². The molecule has 0 saturated heterocycles. The van der Waals surface area contributed by atoms with Crippen molar-refractivity contribution in [3.63, 3.8) is 0 Å². The Hall–Kier alpha value is -7.52. The Morgan fingerprint density at radius 2 is 0.768 bits per heavy atom. The van der Waals surface area contributed by atoms with Crippen LogP contribution in [0.1, 0.15) is 112 Å². The average molecular weight is 931 g/mol. The van der Waals surface area contributed by atoms with Crippen molar-refractivity contribution in [1.82, 2.24) is 0 Å². The molecule has 4 unspecified atom stereocenters. The lowest BCUT2D eigenvalue weighted by Gasteiger charge is -2.42. The second-order valence-electron chi connectivity index (χ2n) is 20.3. The number of hydrogen-bond acceptors (Lipinski definition) is 9. The maximum atomic E-state index is 10.7. The minimum Gasteiger partial charge on any atom is -0.508 e. The van der Waals surface area contributed by atoms with Gasteiger partial charge < -0.3 is 46.0 Å². The highest BCUT2D eigenvalue weighted by atomic mass is 16.3. The van der Waals surface area contributed by atoms with Crippen molar-refractivity contribution in [1.29, 1.82) is 0 Å². The molecule has 7 rings (SSSR count). The molecule has 0 aliphatic heterocycles. The van der Waals surface area contributed by atoms with Crippen LogP contribution in [0.5, 0.6) is 51.7 Å². The summed E-state index contributed by atoms with van der Waals surface area (Å²) >= 11 is 0. The molecule has 0 radical (unpaired) electrons. The van der Waals surface area contributed by atoms with Crippen molar-refractivity contribution in [2.75, 3.05) is 0 Å². The summed E-state index contributed by atoms with van der Waals surface area (Å²) in [4.78, 5) is 0. The number of aromatic hydroxyl groups is 9. The first-order valence-corrected chi connectivity index (χ1v) is 23.2. The Kier molecular flexibility index (Phi) is 15.3. The van der Waals surface area contributed by atoms with Crippen molar-refractivity contribution < 1.29 is 46.0 Å². The molecule has 9 heteroatoms. The molecular weight excluding hydrogens is 865 g/mol. The van der Waals surface area contributed by atoms with E-state index in [0.717, 1.165) is 58.2 Å². The highest BCUT2D eigenvalue weighted by Gasteiger charge is 2.40. The summed E-state index contributed by atoms with van der Waals surface area (Å²) in [7, 11) is 0. The van der Waals surface area contributed by atoms with Crippen LogP contribution in [-0.4, -0.2) is 46.0 Å². The molecule has 9 nitrogen and oxygen atoms in total. The fourth-order valence-electron chi connectivity index (χ4n) is 10.3. The molecule has 69 heavy (non-hydrogen) atoms. The normalized spacial score (nSPS) is 14.5. The summed E-state index contributed by atoms with van der Waals surface area (Å²) in [5, 5.41) is 90.0. The zero-order valence-electron chi connectivity index (χ0n) is 40.4. The van der Waals surface area contributed by atoms with Crippen LogP contribution in [0, 0.1) is 0 Å². The van der Waals surface area contributed by atoms with Crippen LogP contribution in [0.15, 0.2) is 164 Å². The van der Waals surface area contributed by atoms with Gasteiger partial charge in [0.05, 0.1) is 0 Å². The first kappa shape index (κ1) is 50.9. The van der Waals surface area contributed by atoms with Gasteiger partial charge in [-0.1, -0.05) is 121 Å². The van der Waals surface area contributed by atoms with E-state index in [1.165, 1.54) is 12.1 Å². The molecule has 0 aliphatic carbocycles. The topological polar surface area (TPSA) is 182 Å². The minimum atomic E-state index is -0.638. The van der Waals surface area contributed by atoms with Gasteiger partial charge in [-0.05, 0) is 171 Å². The van der Waals surface area contributed by atoms with Crippen LogP contribution < -0.4 is 0 Å². The van der Waals surface area contributed by atoms with Gasteiger partial charge in [-0.15, -0.1) is 0 Å². The highest BCUT2D eigenvalue weighted by Crippen LogP contribution is 2.49. The highest BCUT2D eigenvalue weighted by molar-refractivity contribution is 5.65. The van der Waals surface area contributed by atoms with Gasteiger partial charge in [0.15, 0.2) is 0 Å². The van der Waals surface area contributed by atoms with E-state index in [0.29, 0.717) is 12.0 Å². The first-order valence-electron chi connectivity index (χ1n) is 23.2. The van der Waals surface area contributed by atoms with Gasteiger partial charge in [-0.25, -0.2) is 0 Å². The molecule has 0 bridgehead atoms. The number of rotatable bonds is 16. The second kappa shape index (κ2) is 20.8. The fourth-order valence-corrected chi connectivity index (χ4v) is 10.3. The number of allylic oxidation sites excluding steroid dienone is 1. The summed E-state index contributed by atoms with van der Waals surface area (Å²) in [5.41, 5.74) is 6.13. The molecule has 0 amide bonds. The Morgan fingerprint density at radius 3 is 1.19 bits per heavy atom. The van der Waals surface area contributed by atoms with Gasteiger partial charge in [0.2, 0.25) is 0 Å². The molecule has 7 aromatic rings. The molecule has 0 saturated carbocycles. The third-order valence-corrected chi connectivity index (χ3v) is 13.8.